The molecule has 20 heavy (non-hydrogen) atoms. The van der Waals surface area contributed by atoms with E-state index in [0.29, 0.717) is 6.42 Å². The van der Waals surface area contributed by atoms with E-state index in [1.807, 2.05) is 6.07 Å². The summed E-state index contributed by atoms with van der Waals surface area (Å²) in [5.41, 5.74) is 2.57. The summed E-state index contributed by atoms with van der Waals surface area (Å²) in [6.45, 7) is 2.88. The molecule has 1 N–H and O–H groups in total. The van der Waals surface area contributed by atoms with Gasteiger partial charge in [-0.1, -0.05) is 37.3 Å². The van der Waals surface area contributed by atoms with Crippen molar-refractivity contribution >= 4 is 17.2 Å². The molecular formula is C17H21NOS. The van der Waals surface area contributed by atoms with Crippen molar-refractivity contribution in [2.24, 2.45) is 0 Å². The van der Waals surface area contributed by atoms with Gasteiger partial charge in [0.2, 0.25) is 5.91 Å². The quantitative estimate of drug-likeness (QED) is 0.828. The lowest BCUT2D eigenvalue weighted by Gasteiger charge is -2.05. The number of thiophene rings is 1. The molecular weight excluding hydrogens is 266 g/mol. The molecule has 2 nitrogen and oxygen atoms in total. The van der Waals surface area contributed by atoms with Crippen molar-refractivity contribution < 1.29 is 4.79 Å². The smallest absolute Gasteiger partial charge is 0.220 e. The van der Waals surface area contributed by atoms with Crippen molar-refractivity contribution in [2.75, 3.05) is 6.54 Å². The number of aryl methyl sites for hydroxylation is 2. The molecule has 0 aliphatic carbocycles. The highest BCUT2D eigenvalue weighted by atomic mass is 32.1. The second-order valence-electron chi connectivity index (χ2n) is 4.85. The van der Waals surface area contributed by atoms with Crippen LogP contribution in [0.1, 0.15) is 29.3 Å². The third-order valence-electron chi connectivity index (χ3n) is 3.35. The maximum atomic E-state index is 11.8. The molecule has 3 heteroatoms. The Bertz CT molecular complexity index is 516. The Balaban J connectivity index is 1.66. The van der Waals surface area contributed by atoms with Gasteiger partial charge in [-0.05, 0) is 41.8 Å². The van der Waals surface area contributed by atoms with Crippen molar-refractivity contribution in [2.45, 2.75) is 32.6 Å². The van der Waals surface area contributed by atoms with Gasteiger partial charge in [0.15, 0.2) is 0 Å². The van der Waals surface area contributed by atoms with E-state index in [0.717, 1.165) is 25.8 Å². The third kappa shape index (κ3) is 4.82. The van der Waals surface area contributed by atoms with Crippen LogP contribution in [0.2, 0.25) is 0 Å². The molecule has 2 aromatic rings. The average molecular weight is 287 g/mol. The number of hydrogen-bond donors (Lipinski definition) is 1. The highest BCUT2D eigenvalue weighted by molar-refractivity contribution is 7.09. The first-order chi connectivity index (χ1) is 9.78. The van der Waals surface area contributed by atoms with Gasteiger partial charge in [0.05, 0.1) is 0 Å². The van der Waals surface area contributed by atoms with E-state index in [9.17, 15) is 4.79 Å². The van der Waals surface area contributed by atoms with Gasteiger partial charge in [-0.25, -0.2) is 0 Å². The predicted molar refractivity (Wildman–Crippen MR) is 85.2 cm³/mol. The van der Waals surface area contributed by atoms with E-state index in [-0.39, 0.29) is 5.91 Å². The van der Waals surface area contributed by atoms with Gasteiger partial charge in [-0.3, -0.25) is 4.79 Å². The normalized spacial score (nSPS) is 10.4. The number of benzene rings is 1. The number of nitrogens with one attached hydrogen (secondary N) is 1. The van der Waals surface area contributed by atoms with E-state index in [1.165, 1.54) is 16.0 Å². The third-order valence-corrected chi connectivity index (χ3v) is 4.28. The number of rotatable bonds is 7. The number of amides is 1. The fourth-order valence-corrected chi connectivity index (χ4v) is 2.78. The lowest BCUT2D eigenvalue weighted by Crippen LogP contribution is -2.25. The lowest BCUT2D eigenvalue weighted by molar-refractivity contribution is -0.121. The zero-order valence-corrected chi connectivity index (χ0v) is 12.7. The first kappa shape index (κ1) is 14.8. The molecule has 0 fully saturated rings. The summed E-state index contributed by atoms with van der Waals surface area (Å²) in [5, 5.41) is 5.05. The fourth-order valence-electron chi connectivity index (χ4n) is 2.07. The van der Waals surface area contributed by atoms with E-state index < -0.39 is 0 Å². The van der Waals surface area contributed by atoms with Gasteiger partial charge in [0.1, 0.15) is 0 Å². The average Bonchev–Trinajstić information content (AvgIpc) is 2.99. The standard InChI is InChI=1S/C17H21NOS/c1-2-14-5-7-15(8-6-14)9-10-17(19)18-12-11-16-4-3-13-20-16/h3-8,13H,2,9-12H2,1H3,(H,18,19). The highest BCUT2D eigenvalue weighted by Gasteiger charge is 2.02. The molecule has 1 aromatic carbocycles. The van der Waals surface area contributed by atoms with Crippen molar-refractivity contribution in [3.05, 3.63) is 57.8 Å². The summed E-state index contributed by atoms with van der Waals surface area (Å²) < 4.78 is 0. The first-order valence-corrected chi connectivity index (χ1v) is 8.03. The van der Waals surface area contributed by atoms with Crippen LogP contribution >= 0.6 is 11.3 Å². The molecule has 0 saturated heterocycles. The topological polar surface area (TPSA) is 29.1 Å². The number of hydrogen-bond acceptors (Lipinski definition) is 2. The summed E-state index contributed by atoms with van der Waals surface area (Å²) >= 11 is 1.74. The minimum atomic E-state index is 0.140. The van der Waals surface area contributed by atoms with Crippen molar-refractivity contribution in [1.29, 1.82) is 0 Å². The molecule has 1 heterocycles. The molecule has 0 aliphatic heterocycles. The van der Waals surface area contributed by atoms with Crippen LogP contribution in [0.15, 0.2) is 41.8 Å². The van der Waals surface area contributed by atoms with E-state index in [2.05, 4.69) is 48.0 Å². The molecule has 0 unspecified atom stereocenters. The molecule has 106 valence electrons. The fraction of sp³-hybridized carbons (Fsp3) is 0.353. The van der Waals surface area contributed by atoms with E-state index >= 15 is 0 Å². The Labute approximate surface area is 124 Å². The zero-order chi connectivity index (χ0) is 14.2. The van der Waals surface area contributed by atoms with E-state index in [4.69, 9.17) is 0 Å². The monoisotopic (exact) mass is 287 g/mol. The van der Waals surface area contributed by atoms with Gasteiger partial charge < -0.3 is 5.32 Å². The Morgan fingerprint density at radius 2 is 1.85 bits per heavy atom. The second kappa shape index (κ2) is 7.85. The minimum absolute atomic E-state index is 0.140. The molecule has 0 aliphatic rings. The van der Waals surface area contributed by atoms with Crippen LogP contribution in [0.25, 0.3) is 0 Å². The molecule has 0 atom stereocenters. The predicted octanol–water partition coefficient (Wildman–Crippen LogP) is 3.60. The van der Waals surface area contributed by atoms with Crippen LogP contribution in [0, 0.1) is 0 Å². The summed E-state index contributed by atoms with van der Waals surface area (Å²) in [6.07, 6.45) is 3.36. The molecule has 0 radical (unpaired) electrons. The van der Waals surface area contributed by atoms with Gasteiger partial charge >= 0.3 is 0 Å². The van der Waals surface area contributed by atoms with Crippen molar-refractivity contribution in [3.8, 4) is 0 Å². The molecule has 1 aromatic heterocycles. The van der Waals surface area contributed by atoms with Crippen LogP contribution < -0.4 is 5.32 Å². The Morgan fingerprint density at radius 3 is 2.50 bits per heavy atom. The second-order valence-corrected chi connectivity index (χ2v) is 5.88. The molecule has 0 saturated carbocycles. The van der Waals surface area contributed by atoms with E-state index in [1.54, 1.807) is 11.3 Å². The van der Waals surface area contributed by atoms with Gasteiger partial charge in [0.25, 0.3) is 0 Å². The Hall–Kier alpha value is -1.61. The number of carbonyl (C=O) groups is 1. The molecule has 1 amide bonds. The summed E-state index contributed by atoms with van der Waals surface area (Å²) in [7, 11) is 0. The zero-order valence-electron chi connectivity index (χ0n) is 11.9. The molecule has 2 rings (SSSR count). The van der Waals surface area contributed by atoms with Crippen LogP contribution in [0.5, 0.6) is 0 Å². The van der Waals surface area contributed by atoms with Gasteiger partial charge in [-0.15, -0.1) is 11.3 Å². The van der Waals surface area contributed by atoms with Crippen molar-refractivity contribution in [3.63, 3.8) is 0 Å². The maximum Gasteiger partial charge on any atom is 0.220 e. The van der Waals surface area contributed by atoms with Crippen LogP contribution in [-0.4, -0.2) is 12.5 Å². The van der Waals surface area contributed by atoms with Crippen LogP contribution in [0.3, 0.4) is 0 Å². The first-order valence-electron chi connectivity index (χ1n) is 7.15. The molecule has 0 spiro atoms. The lowest BCUT2D eigenvalue weighted by atomic mass is 10.1. The number of carbonyl (C=O) groups excluding carboxylic acids is 1. The van der Waals surface area contributed by atoms with Crippen molar-refractivity contribution in [1.82, 2.24) is 5.32 Å². The Morgan fingerprint density at radius 1 is 1.10 bits per heavy atom. The largest absolute Gasteiger partial charge is 0.356 e. The van der Waals surface area contributed by atoms with Gasteiger partial charge in [-0.2, -0.15) is 0 Å². The summed E-state index contributed by atoms with van der Waals surface area (Å²) in [6, 6.07) is 12.7. The minimum Gasteiger partial charge on any atom is -0.356 e. The van der Waals surface area contributed by atoms with Gasteiger partial charge in [0, 0.05) is 17.8 Å². The summed E-state index contributed by atoms with van der Waals surface area (Å²) in [4.78, 5) is 13.1. The summed E-state index contributed by atoms with van der Waals surface area (Å²) in [5.74, 6) is 0.140. The van der Waals surface area contributed by atoms with Crippen LogP contribution in [0.4, 0.5) is 0 Å². The maximum absolute atomic E-state index is 11.8. The SMILES string of the molecule is CCc1ccc(CCC(=O)NCCc2cccs2)cc1. The Kier molecular flexibility index (Phi) is 5.81. The van der Waals surface area contributed by atoms with Crippen LogP contribution in [-0.2, 0) is 24.1 Å². The molecule has 0 bridgehead atoms. The highest BCUT2D eigenvalue weighted by Crippen LogP contribution is 2.09.